The highest BCUT2D eigenvalue weighted by Gasteiger charge is 2.21. The van der Waals surface area contributed by atoms with E-state index in [1.54, 1.807) is 6.92 Å². The van der Waals surface area contributed by atoms with Gasteiger partial charge in [-0.1, -0.05) is 13.8 Å². The maximum atomic E-state index is 11.9. The van der Waals surface area contributed by atoms with Gasteiger partial charge >= 0.3 is 0 Å². The molecule has 0 unspecified atom stereocenters. The van der Waals surface area contributed by atoms with E-state index in [1.807, 2.05) is 13.8 Å². The second kappa shape index (κ2) is 5.86. The lowest BCUT2D eigenvalue weighted by Crippen LogP contribution is -2.34. The zero-order chi connectivity index (χ0) is 13.8. The van der Waals surface area contributed by atoms with E-state index >= 15 is 0 Å². The molecule has 0 atom stereocenters. The van der Waals surface area contributed by atoms with Crippen LogP contribution in [0.3, 0.4) is 0 Å². The lowest BCUT2D eigenvalue weighted by atomic mass is 9.88. The maximum Gasteiger partial charge on any atom is 0.273 e. The monoisotopic (exact) mass is 254 g/mol. The van der Waals surface area contributed by atoms with Crippen molar-refractivity contribution in [1.29, 1.82) is 0 Å². The van der Waals surface area contributed by atoms with Crippen LogP contribution in [0.1, 0.15) is 42.9 Å². The smallest absolute Gasteiger partial charge is 0.273 e. The van der Waals surface area contributed by atoms with Gasteiger partial charge in [0, 0.05) is 13.2 Å². The van der Waals surface area contributed by atoms with Crippen LogP contribution in [0.25, 0.3) is 0 Å². The second-order valence-electron chi connectivity index (χ2n) is 5.28. The van der Waals surface area contributed by atoms with E-state index in [0.717, 1.165) is 12.8 Å². The van der Waals surface area contributed by atoms with Crippen molar-refractivity contribution in [3.05, 3.63) is 11.4 Å². The van der Waals surface area contributed by atoms with Gasteiger partial charge in [-0.15, -0.1) is 0 Å². The Labute approximate surface area is 107 Å². The molecule has 6 nitrogen and oxygen atoms in total. The van der Waals surface area contributed by atoms with Gasteiger partial charge in [0.1, 0.15) is 0 Å². The standard InChI is InChI=1S/C12H22N4O2/c1-8-9(13)10(16-15-8)11(18)14-7-12(2,3)5-4-6-17/h17H,4-7,13H2,1-3H3,(H,14,18)(H,15,16). The number of nitrogens with two attached hydrogens (primary N) is 1. The average molecular weight is 254 g/mol. The highest BCUT2D eigenvalue weighted by molar-refractivity contribution is 5.97. The number of aliphatic hydroxyl groups is 1. The summed E-state index contributed by atoms with van der Waals surface area (Å²) in [7, 11) is 0. The van der Waals surface area contributed by atoms with Crippen LogP contribution in [-0.4, -0.2) is 34.4 Å². The van der Waals surface area contributed by atoms with Crippen molar-refractivity contribution in [2.24, 2.45) is 5.41 Å². The van der Waals surface area contributed by atoms with E-state index in [0.29, 0.717) is 17.9 Å². The molecule has 0 aliphatic carbocycles. The highest BCUT2D eigenvalue weighted by Crippen LogP contribution is 2.21. The van der Waals surface area contributed by atoms with Crippen molar-refractivity contribution in [2.75, 3.05) is 18.9 Å². The lowest BCUT2D eigenvalue weighted by molar-refractivity contribution is 0.0929. The van der Waals surface area contributed by atoms with E-state index in [4.69, 9.17) is 10.8 Å². The molecule has 0 spiro atoms. The molecule has 0 aliphatic rings. The first-order valence-corrected chi connectivity index (χ1v) is 6.07. The number of aryl methyl sites for hydroxylation is 1. The Kier molecular flexibility index (Phi) is 4.72. The number of rotatable bonds is 6. The fraction of sp³-hybridized carbons (Fsp3) is 0.667. The second-order valence-corrected chi connectivity index (χ2v) is 5.28. The zero-order valence-corrected chi connectivity index (χ0v) is 11.2. The molecule has 0 saturated carbocycles. The summed E-state index contributed by atoms with van der Waals surface area (Å²) in [6.07, 6.45) is 1.57. The number of nitrogens with zero attached hydrogens (tertiary/aromatic N) is 1. The largest absolute Gasteiger partial charge is 0.396 e. The number of aromatic amines is 1. The molecule has 1 rings (SSSR count). The number of aromatic nitrogens is 2. The third-order valence-corrected chi connectivity index (χ3v) is 2.95. The van der Waals surface area contributed by atoms with Gasteiger partial charge in [-0.3, -0.25) is 9.89 Å². The minimum atomic E-state index is -0.270. The van der Waals surface area contributed by atoms with Gasteiger partial charge in [0.2, 0.25) is 0 Å². The molecule has 0 aliphatic heterocycles. The molecule has 0 fully saturated rings. The van der Waals surface area contributed by atoms with Gasteiger partial charge in [0.25, 0.3) is 5.91 Å². The molecule has 0 saturated heterocycles. The van der Waals surface area contributed by atoms with Crippen molar-refractivity contribution in [1.82, 2.24) is 15.5 Å². The molecule has 102 valence electrons. The van der Waals surface area contributed by atoms with Crippen molar-refractivity contribution >= 4 is 11.6 Å². The molecule has 1 heterocycles. The van der Waals surface area contributed by atoms with Crippen LogP contribution in [0.4, 0.5) is 5.69 Å². The number of nitrogen functional groups attached to an aromatic ring is 1. The van der Waals surface area contributed by atoms with Gasteiger partial charge in [-0.05, 0) is 25.2 Å². The Morgan fingerprint density at radius 2 is 2.22 bits per heavy atom. The van der Waals surface area contributed by atoms with Crippen LogP contribution in [0, 0.1) is 12.3 Å². The van der Waals surface area contributed by atoms with Crippen LogP contribution in [0.2, 0.25) is 0 Å². The van der Waals surface area contributed by atoms with Crippen molar-refractivity contribution in [3.63, 3.8) is 0 Å². The molecule has 0 bridgehead atoms. The van der Waals surface area contributed by atoms with Crippen LogP contribution >= 0.6 is 0 Å². The Morgan fingerprint density at radius 1 is 1.56 bits per heavy atom. The number of anilines is 1. The lowest BCUT2D eigenvalue weighted by Gasteiger charge is -2.24. The molecular formula is C12H22N4O2. The Bertz CT molecular complexity index is 412. The first-order valence-electron chi connectivity index (χ1n) is 6.07. The summed E-state index contributed by atoms with van der Waals surface area (Å²) in [6.45, 7) is 6.55. The number of hydrogen-bond donors (Lipinski definition) is 4. The molecule has 0 aromatic carbocycles. The highest BCUT2D eigenvalue weighted by atomic mass is 16.2. The number of hydrogen-bond acceptors (Lipinski definition) is 4. The van der Waals surface area contributed by atoms with Gasteiger partial charge in [0.05, 0.1) is 11.4 Å². The van der Waals surface area contributed by atoms with Gasteiger partial charge in [-0.2, -0.15) is 5.10 Å². The van der Waals surface area contributed by atoms with Crippen LogP contribution in [0.15, 0.2) is 0 Å². The van der Waals surface area contributed by atoms with Crippen molar-refractivity contribution in [2.45, 2.75) is 33.6 Å². The average Bonchev–Trinajstić information content (AvgIpc) is 2.65. The predicted molar refractivity (Wildman–Crippen MR) is 70.2 cm³/mol. The summed E-state index contributed by atoms with van der Waals surface area (Å²) < 4.78 is 0. The van der Waals surface area contributed by atoms with Crippen molar-refractivity contribution in [3.8, 4) is 0 Å². The van der Waals surface area contributed by atoms with Gasteiger partial charge in [-0.25, -0.2) is 0 Å². The fourth-order valence-corrected chi connectivity index (χ4v) is 1.66. The molecule has 1 aromatic rings. The zero-order valence-electron chi connectivity index (χ0n) is 11.2. The van der Waals surface area contributed by atoms with E-state index in [1.165, 1.54) is 0 Å². The molecule has 1 aromatic heterocycles. The third kappa shape index (κ3) is 3.73. The first kappa shape index (κ1) is 14.5. The number of carbonyl (C=O) groups is 1. The fourth-order valence-electron chi connectivity index (χ4n) is 1.66. The molecule has 0 radical (unpaired) electrons. The summed E-state index contributed by atoms with van der Waals surface area (Å²) in [5.74, 6) is -0.270. The minimum Gasteiger partial charge on any atom is -0.396 e. The van der Waals surface area contributed by atoms with E-state index in [-0.39, 0.29) is 23.6 Å². The molecule has 6 heteroatoms. The summed E-state index contributed by atoms with van der Waals surface area (Å²) in [5, 5.41) is 18.2. The number of H-pyrrole nitrogens is 1. The minimum absolute atomic E-state index is 0.0570. The van der Waals surface area contributed by atoms with Gasteiger partial charge < -0.3 is 16.2 Å². The SMILES string of the molecule is Cc1[nH]nc(C(=O)NCC(C)(C)CCCO)c1N. The number of amides is 1. The summed E-state index contributed by atoms with van der Waals surface area (Å²) in [6, 6.07) is 0. The molecule has 1 amide bonds. The van der Waals surface area contributed by atoms with E-state index in [9.17, 15) is 4.79 Å². The first-order chi connectivity index (χ1) is 8.37. The normalized spacial score (nSPS) is 11.6. The number of nitrogens with one attached hydrogen (secondary N) is 2. The Morgan fingerprint density at radius 3 is 2.72 bits per heavy atom. The van der Waals surface area contributed by atoms with E-state index < -0.39 is 0 Å². The molecule has 18 heavy (non-hydrogen) atoms. The Balaban J connectivity index is 2.53. The number of aliphatic hydroxyl groups excluding tert-OH is 1. The maximum absolute atomic E-state index is 11.9. The number of carbonyl (C=O) groups excluding carboxylic acids is 1. The van der Waals surface area contributed by atoms with E-state index in [2.05, 4.69) is 15.5 Å². The Hall–Kier alpha value is -1.56. The quantitative estimate of drug-likeness (QED) is 0.603. The topological polar surface area (TPSA) is 104 Å². The van der Waals surface area contributed by atoms with Crippen LogP contribution in [0.5, 0.6) is 0 Å². The summed E-state index contributed by atoms with van der Waals surface area (Å²) in [4.78, 5) is 11.9. The van der Waals surface area contributed by atoms with Gasteiger partial charge in [0.15, 0.2) is 5.69 Å². The summed E-state index contributed by atoms with van der Waals surface area (Å²) >= 11 is 0. The third-order valence-electron chi connectivity index (χ3n) is 2.95. The van der Waals surface area contributed by atoms with Crippen LogP contribution < -0.4 is 11.1 Å². The molecular weight excluding hydrogens is 232 g/mol. The van der Waals surface area contributed by atoms with Crippen molar-refractivity contribution < 1.29 is 9.90 Å². The molecule has 5 N–H and O–H groups in total. The van der Waals surface area contributed by atoms with Crippen LogP contribution in [-0.2, 0) is 0 Å². The predicted octanol–water partition coefficient (Wildman–Crippen LogP) is 0.829. The summed E-state index contributed by atoms with van der Waals surface area (Å²) in [5.41, 5.74) is 7.00.